The van der Waals surface area contributed by atoms with Crippen LogP contribution in [-0.4, -0.2) is 5.91 Å². The number of allylic oxidation sites excluding steroid dienone is 1. The second-order valence-corrected chi connectivity index (χ2v) is 5.98. The summed E-state index contributed by atoms with van der Waals surface area (Å²) in [4.78, 5) is 12.6. The number of alkyl halides is 3. The number of nitrogens with one attached hydrogen (secondary N) is 1. The standard InChI is InChI=1S/C20H17F3NO/c21-20(22,23)15-12-10-14(11-13-15)17-8-4-5-9-18(17)19(25)24-16-6-2-1-3-7-16/h2-3,6-7,10-13H,4-5,8-9H2,(H,24,25). The van der Waals surface area contributed by atoms with Crippen LogP contribution in [0.25, 0.3) is 5.57 Å². The molecule has 1 N–H and O–H groups in total. The van der Waals surface area contributed by atoms with Crippen molar-refractivity contribution in [2.75, 3.05) is 5.32 Å². The molecule has 5 heteroatoms. The first-order chi connectivity index (χ1) is 11.9. The number of halogens is 3. The summed E-state index contributed by atoms with van der Waals surface area (Å²) >= 11 is 0. The van der Waals surface area contributed by atoms with Crippen LogP contribution in [0.2, 0.25) is 0 Å². The molecule has 1 amide bonds. The van der Waals surface area contributed by atoms with Gasteiger partial charge < -0.3 is 5.32 Å². The number of hydrogen-bond acceptors (Lipinski definition) is 1. The molecule has 0 atom stereocenters. The van der Waals surface area contributed by atoms with Gasteiger partial charge in [-0.15, -0.1) is 0 Å². The SMILES string of the molecule is O=C(Nc1cc[c]cc1)C1=C(c2ccc(C(F)(F)F)cc2)CCCC1. The van der Waals surface area contributed by atoms with Crippen LogP contribution >= 0.6 is 0 Å². The number of rotatable bonds is 3. The van der Waals surface area contributed by atoms with Gasteiger partial charge in [0.1, 0.15) is 0 Å². The zero-order valence-electron chi connectivity index (χ0n) is 13.5. The third-order valence-corrected chi connectivity index (χ3v) is 4.28. The Balaban J connectivity index is 1.89. The predicted molar refractivity (Wildman–Crippen MR) is 90.7 cm³/mol. The van der Waals surface area contributed by atoms with Crippen LogP contribution in [0.3, 0.4) is 0 Å². The minimum Gasteiger partial charge on any atom is -0.322 e. The van der Waals surface area contributed by atoms with E-state index in [1.807, 2.05) is 0 Å². The van der Waals surface area contributed by atoms with Crippen LogP contribution < -0.4 is 5.32 Å². The molecule has 2 nitrogen and oxygen atoms in total. The summed E-state index contributed by atoms with van der Waals surface area (Å²) in [6.45, 7) is 0. The van der Waals surface area contributed by atoms with Gasteiger partial charge in [0, 0.05) is 11.3 Å². The van der Waals surface area contributed by atoms with Gasteiger partial charge in [0.2, 0.25) is 0 Å². The minimum atomic E-state index is -4.36. The van der Waals surface area contributed by atoms with Gasteiger partial charge in [-0.2, -0.15) is 13.2 Å². The van der Waals surface area contributed by atoms with E-state index in [9.17, 15) is 18.0 Å². The molecule has 0 saturated heterocycles. The van der Waals surface area contributed by atoms with E-state index in [2.05, 4.69) is 11.4 Å². The fourth-order valence-electron chi connectivity index (χ4n) is 3.01. The molecular weight excluding hydrogens is 327 g/mol. The molecule has 0 aromatic heterocycles. The number of carbonyl (C=O) groups is 1. The monoisotopic (exact) mass is 344 g/mol. The van der Waals surface area contributed by atoms with E-state index >= 15 is 0 Å². The molecular formula is C20H17F3NO. The zero-order valence-corrected chi connectivity index (χ0v) is 13.5. The van der Waals surface area contributed by atoms with E-state index in [0.29, 0.717) is 29.7 Å². The molecule has 0 unspecified atom stereocenters. The van der Waals surface area contributed by atoms with Gasteiger partial charge in [0.05, 0.1) is 5.56 Å². The Labute approximate surface area is 144 Å². The molecule has 1 aliphatic rings. The molecule has 1 aliphatic carbocycles. The van der Waals surface area contributed by atoms with Crippen molar-refractivity contribution >= 4 is 17.2 Å². The predicted octanol–water partition coefficient (Wildman–Crippen LogP) is 5.47. The summed E-state index contributed by atoms with van der Waals surface area (Å²) in [5.41, 5.74) is 2.16. The molecule has 0 aliphatic heterocycles. The largest absolute Gasteiger partial charge is 0.416 e. The number of anilines is 1. The molecule has 3 rings (SSSR count). The molecule has 129 valence electrons. The maximum absolute atomic E-state index is 12.7. The van der Waals surface area contributed by atoms with E-state index in [0.717, 1.165) is 30.5 Å². The normalized spacial score (nSPS) is 15.2. The Morgan fingerprint density at radius 3 is 2.24 bits per heavy atom. The van der Waals surface area contributed by atoms with Crippen molar-refractivity contribution in [3.63, 3.8) is 0 Å². The summed E-state index contributed by atoms with van der Waals surface area (Å²) in [6, 6.07) is 14.8. The van der Waals surface area contributed by atoms with Crippen molar-refractivity contribution in [2.45, 2.75) is 31.9 Å². The lowest BCUT2D eigenvalue weighted by atomic mass is 9.86. The second kappa shape index (κ2) is 7.13. The molecule has 2 aromatic carbocycles. The summed E-state index contributed by atoms with van der Waals surface area (Å²) < 4.78 is 38.2. The van der Waals surface area contributed by atoms with Gasteiger partial charge in [-0.3, -0.25) is 4.79 Å². The van der Waals surface area contributed by atoms with Crippen LogP contribution in [0, 0.1) is 6.07 Å². The summed E-state index contributed by atoms with van der Waals surface area (Å²) in [7, 11) is 0. The van der Waals surface area contributed by atoms with Crippen molar-refractivity contribution in [1.29, 1.82) is 0 Å². The van der Waals surface area contributed by atoms with Crippen LogP contribution in [0.1, 0.15) is 36.8 Å². The fraction of sp³-hybridized carbons (Fsp3) is 0.250. The van der Waals surface area contributed by atoms with E-state index in [4.69, 9.17) is 0 Å². The Bertz CT molecular complexity index is 777. The molecule has 1 radical (unpaired) electrons. The molecule has 0 heterocycles. The lowest BCUT2D eigenvalue weighted by Crippen LogP contribution is -2.18. The maximum atomic E-state index is 12.7. The second-order valence-electron chi connectivity index (χ2n) is 5.98. The molecule has 0 bridgehead atoms. The Kier molecular flexibility index (Phi) is 4.93. The van der Waals surface area contributed by atoms with Gasteiger partial charge in [-0.05, 0) is 67.2 Å². The van der Waals surface area contributed by atoms with Gasteiger partial charge in [0.25, 0.3) is 5.91 Å². The molecule has 25 heavy (non-hydrogen) atoms. The van der Waals surface area contributed by atoms with Gasteiger partial charge >= 0.3 is 6.18 Å². The van der Waals surface area contributed by atoms with Crippen molar-refractivity contribution in [3.05, 3.63) is 71.3 Å². The molecule has 0 spiro atoms. The highest BCUT2D eigenvalue weighted by Gasteiger charge is 2.30. The van der Waals surface area contributed by atoms with Crippen LogP contribution in [0.15, 0.2) is 54.1 Å². The maximum Gasteiger partial charge on any atom is 0.416 e. The lowest BCUT2D eigenvalue weighted by Gasteiger charge is -2.21. The lowest BCUT2D eigenvalue weighted by molar-refractivity contribution is -0.137. The van der Waals surface area contributed by atoms with E-state index in [1.54, 1.807) is 24.3 Å². The van der Waals surface area contributed by atoms with Crippen molar-refractivity contribution < 1.29 is 18.0 Å². The van der Waals surface area contributed by atoms with Crippen molar-refractivity contribution in [2.24, 2.45) is 0 Å². The highest BCUT2D eigenvalue weighted by atomic mass is 19.4. The Morgan fingerprint density at radius 1 is 0.960 bits per heavy atom. The smallest absolute Gasteiger partial charge is 0.322 e. The molecule has 0 saturated carbocycles. The number of hydrogen-bond donors (Lipinski definition) is 1. The minimum absolute atomic E-state index is 0.194. The van der Waals surface area contributed by atoms with Gasteiger partial charge in [-0.1, -0.05) is 24.3 Å². The van der Waals surface area contributed by atoms with Crippen LogP contribution in [0.5, 0.6) is 0 Å². The highest BCUT2D eigenvalue weighted by molar-refractivity contribution is 6.09. The van der Waals surface area contributed by atoms with E-state index < -0.39 is 11.7 Å². The molecule has 2 aromatic rings. The summed E-state index contributed by atoms with van der Waals surface area (Å²) in [5.74, 6) is -0.194. The third kappa shape index (κ3) is 4.10. The Morgan fingerprint density at radius 2 is 1.60 bits per heavy atom. The third-order valence-electron chi connectivity index (χ3n) is 4.28. The molecule has 0 fully saturated rings. The van der Waals surface area contributed by atoms with Crippen molar-refractivity contribution in [1.82, 2.24) is 0 Å². The number of benzene rings is 2. The topological polar surface area (TPSA) is 29.1 Å². The van der Waals surface area contributed by atoms with Crippen molar-refractivity contribution in [3.8, 4) is 0 Å². The fourth-order valence-corrected chi connectivity index (χ4v) is 3.01. The Hall–Kier alpha value is -2.56. The first-order valence-corrected chi connectivity index (χ1v) is 8.12. The highest BCUT2D eigenvalue weighted by Crippen LogP contribution is 2.35. The van der Waals surface area contributed by atoms with Crippen LogP contribution in [0.4, 0.5) is 18.9 Å². The van der Waals surface area contributed by atoms with E-state index in [1.165, 1.54) is 12.1 Å². The zero-order chi connectivity index (χ0) is 17.9. The average molecular weight is 344 g/mol. The first kappa shape index (κ1) is 17.3. The summed E-state index contributed by atoms with van der Waals surface area (Å²) in [5, 5.41) is 2.85. The summed E-state index contributed by atoms with van der Waals surface area (Å²) in [6.07, 6.45) is -1.22. The van der Waals surface area contributed by atoms with Gasteiger partial charge in [0.15, 0.2) is 0 Å². The van der Waals surface area contributed by atoms with E-state index in [-0.39, 0.29) is 5.91 Å². The average Bonchev–Trinajstić information content (AvgIpc) is 2.62. The first-order valence-electron chi connectivity index (χ1n) is 8.12. The quantitative estimate of drug-likeness (QED) is 0.786. The number of amides is 1. The van der Waals surface area contributed by atoms with Crippen LogP contribution in [-0.2, 0) is 11.0 Å². The number of carbonyl (C=O) groups excluding carboxylic acids is 1. The van der Waals surface area contributed by atoms with Gasteiger partial charge in [-0.25, -0.2) is 0 Å².